The number of nitrogens with zero attached hydrogens (tertiary/aromatic N) is 4. The molecule has 332 valence electrons. The fourth-order valence-electron chi connectivity index (χ4n) is 7.43. The Bertz CT molecular complexity index is 2440. The van der Waals surface area contributed by atoms with Gasteiger partial charge in [0.2, 0.25) is 6.04 Å². The summed E-state index contributed by atoms with van der Waals surface area (Å²) in [7, 11) is 0. The van der Waals surface area contributed by atoms with E-state index in [2.05, 4.69) is 27.9 Å². The summed E-state index contributed by atoms with van der Waals surface area (Å²) in [5, 5.41) is 26.4. The average molecular weight is 933 g/mol. The van der Waals surface area contributed by atoms with E-state index in [1.54, 1.807) is 36.4 Å². The van der Waals surface area contributed by atoms with Crippen LogP contribution in [0.5, 0.6) is 11.5 Å². The normalized spacial score (nSPS) is 15.4. The fourth-order valence-corrected chi connectivity index (χ4v) is 8.58. The number of rotatable bonds is 19. The van der Waals surface area contributed by atoms with Crippen molar-refractivity contribution >= 4 is 97.6 Å². The van der Waals surface area contributed by atoms with Crippen molar-refractivity contribution in [2.75, 3.05) is 10.3 Å². The second-order valence-corrected chi connectivity index (χ2v) is 18.4. The van der Waals surface area contributed by atoms with Gasteiger partial charge in [0.15, 0.2) is 11.9 Å². The zero-order chi connectivity index (χ0) is 45.1. The summed E-state index contributed by atoms with van der Waals surface area (Å²) >= 11 is 26.1. The van der Waals surface area contributed by atoms with Gasteiger partial charge in [0.05, 0.1) is 26.4 Å². The Morgan fingerprint density at radius 1 is 0.810 bits per heavy atom. The molecule has 5 aromatic rings. The number of benzene rings is 5. The molecule has 10 nitrogen and oxygen atoms in total. The van der Waals surface area contributed by atoms with Gasteiger partial charge in [0.25, 0.3) is 11.8 Å². The number of halogens is 4. The lowest BCUT2D eigenvalue weighted by Gasteiger charge is -2.23. The number of azo groups is 1. The van der Waals surface area contributed by atoms with E-state index in [1.165, 1.54) is 50.7 Å². The first-order valence-electron chi connectivity index (χ1n) is 21.6. The highest BCUT2D eigenvalue weighted by Crippen LogP contribution is 2.39. The van der Waals surface area contributed by atoms with Gasteiger partial charge in [-0.05, 0) is 78.2 Å². The number of hydrazine groups is 1. The zero-order valence-corrected chi connectivity index (χ0v) is 39.1. The van der Waals surface area contributed by atoms with Gasteiger partial charge in [-0.1, -0.05) is 168 Å². The number of aliphatic imine (C=N–C) groups is 1. The van der Waals surface area contributed by atoms with Crippen LogP contribution in [-0.4, -0.2) is 34.9 Å². The van der Waals surface area contributed by atoms with Crippen molar-refractivity contribution in [2.45, 2.75) is 116 Å². The molecule has 1 fully saturated rings. The van der Waals surface area contributed by atoms with Gasteiger partial charge in [-0.2, -0.15) is 10.2 Å². The number of nitrogens with one attached hydrogen (secondary N) is 2. The van der Waals surface area contributed by atoms with Gasteiger partial charge in [-0.15, -0.1) is 0 Å². The summed E-state index contributed by atoms with van der Waals surface area (Å²) in [5.41, 5.74) is 4.75. The molecule has 0 bridgehead atoms. The highest BCUT2D eigenvalue weighted by Gasteiger charge is 2.41. The molecule has 3 N–H and O–H groups in total. The smallest absolute Gasteiger partial charge is 0.280 e. The number of phenols is 1. The van der Waals surface area contributed by atoms with Crippen LogP contribution >= 0.6 is 46.4 Å². The molecule has 5 aromatic carbocycles. The summed E-state index contributed by atoms with van der Waals surface area (Å²) < 4.78 is 6.40. The van der Waals surface area contributed by atoms with E-state index in [0.717, 1.165) is 41.5 Å². The minimum atomic E-state index is -1.26. The van der Waals surface area contributed by atoms with Crippen molar-refractivity contribution < 1.29 is 19.4 Å². The number of amides is 2. The molecule has 1 heterocycles. The molecule has 2 atom stereocenters. The average Bonchev–Trinajstić information content (AvgIpc) is 3.54. The first kappa shape index (κ1) is 47.6. The molecule has 1 aliphatic heterocycles. The molecule has 0 saturated carbocycles. The number of hydrogen-bond donors (Lipinski definition) is 3. The Balaban J connectivity index is 1.25. The summed E-state index contributed by atoms with van der Waals surface area (Å²) in [6.45, 7) is 8.25. The molecule has 63 heavy (non-hydrogen) atoms. The van der Waals surface area contributed by atoms with Crippen molar-refractivity contribution in [3.8, 4) is 11.5 Å². The largest absolute Gasteiger partial charge is 0.508 e. The number of anilines is 2. The zero-order valence-electron chi connectivity index (χ0n) is 36.1. The van der Waals surface area contributed by atoms with Crippen molar-refractivity contribution in [2.24, 2.45) is 15.2 Å². The maximum Gasteiger partial charge on any atom is 0.280 e. The maximum atomic E-state index is 14.2. The van der Waals surface area contributed by atoms with Crippen LogP contribution in [0.3, 0.4) is 0 Å². The summed E-state index contributed by atoms with van der Waals surface area (Å²) in [6, 6.07) is 25.0. The minimum absolute atomic E-state index is 0.0839. The number of hydrogen-bond acceptors (Lipinski definition) is 7. The topological polar surface area (TPSA) is 128 Å². The van der Waals surface area contributed by atoms with Crippen LogP contribution in [0.2, 0.25) is 20.1 Å². The van der Waals surface area contributed by atoms with Crippen LogP contribution in [0, 0.1) is 0 Å². The number of carbonyl (C=O) groups excluding carboxylic acids is 2. The summed E-state index contributed by atoms with van der Waals surface area (Å²) in [6.07, 6.45) is 11.3. The molecule has 0 aromatic heterocycles. The third kappa shape index (κ3) is 12.7. The summed E-state index contributed by atoms with van der Waals surface area (Å²) in [4.78, 5) is 33.1. The predicted octanol–water partition coefficient (Wildman–Crippen LogP) is 14.9. The number of aromatic hydroxyl groups is 1. The molecule has 2 unspecified atom stereocenters. The van der Waals surface area contributed by atoms with Crippen LogP contribution in [0.4, 0.5) is 22.7 Å². The molecule has 0 radical (unpaired) electrons. The molecule has 6 rings (SSSR count). The van der Waals surface area contributed by atoms with Crippen molar-refractivity contribution in [1.29, 1.82) is 0 Å². The second kappa shape index (κ2) is 22.2. The van der Waals surface area contributed by atoms with Crippen LogP contribution in [0.15, 0.2) is 106 Å². The third-order valence-corrected chi connectivity index (χ3v) is 11.9. The number of amidine groups is 1. The third-order valence-electron chi connectivity index (χ3n) is 10.8. The SMILES string of the molecule is CCCCCCCCCCCCC(Oc1ccc(O)c(C(C)(C)C)c1)C(=O)Nc1ccc(Cl)c(N=C2NN(c3c(Cl)cc(Cl)cc3Cl)C(=O)C2N=Nc2cccc3ccccc23)c1. The lowest BCUT2D eigenvalue weighted by molar-refractivity contribution is -0.123. The van der Waals surface area contributed by atoms with E-state index in [4.69, 9.17) is 56.1 Å². The van der Waals surface area contributed by atoms with Gasteiger partial charge < -0.3 is 15.2 Å². The first-order valence-corrected chi connectivity index (χ1v) is 23.1. The van der Waals surface area contributed by atoms with Crippen LogP contribution in [0.1, 0.15) is 104 Å². The van der Waals surface area contributed by atoms with Gasteiger partial charge in [-0.25, -0.2) is 10.0 Å². The van der Waals surface area contributed by atoms with Gasteiger partial charge in [0, 0.05) is 21.7 Å². The Labute approximate surface area is 390 Å². The highest BCUT2D eigenvalue weighted by atomic mass is 35.5. The predicted molar refractivity (Wildman–Crippen MR) is 259 cm³/mol. The quantitative estimate of drug-likeness (QED) is 0.0561. The summed E-state index contributed by atoms with van der Waals surface area (Å²) in [5.74, 6) is -0.175. The van der Waals surface area contributed by atoms with Crippen LogP contribution < -0.4 is 20.5 Å². The van der Waals surface area contributed by atoms with E-state index in [9.17, 15) is 14.7 Å². The number of unbranched alkanes of at least 4 members (excludes halogenated alkanes) is 9. The number of ether oxygens (including phenoxy) is 1. The Hall–Kier alpha value is -4.87. The van der Waals surface area contributed by atoms with E-state index < -0.39 is 18.1 Å². The Morgan fingerprint density at radius 3 is 2.17 bits per heavy atom. The minimum Gasteiger partial charge on any atom is -0.508 e. The molecular weight excluding hydrogens is 878 g/mol. The standard InChI is InChI=1S/C49H54Cl4N6O4/c1-5-6-7-8-9-10-11-12-13-14-22-43(63-34-24-26-42(60)36(30-34)49(2,3)4)47(61)54-33-23-25-37(51)41(29-33)55-46-44(57-56-40-21-17-19-31-18-15-16-20-35(31)40)48(62)59(58-46)45-38(52)27-32(50)28-39(45)53/h15-21,23-30,43-44,60H,5-14,22H2,1-4H3,(H,54,61)(H,55,58). The molecule has 2 amide bonds. The van der Waals surface area contributed by atoms with Gasteiger partial charge in [-0.3, -0.25) is 15.0 Å². The van der Waals surface area contributed by atoms with E-state index in [-0.39, 0.29) is 49.3 Å². The Kier molecular flexibility index (Phi) is 16.7. The van der Waals surface area contributed by atoms with Crippen molar-refractivity contribution in [3.63, 3.8) is 0 Å². The van der Waals surface area contributed by atoms with E-state index in [0.29, 0.717) is 34.1 Å². The molecule has 1 saturated heterocycles. The van der Waals surface area contributed by atoms with Gasteiger partial charge in [0.1, 0.15) is 17.2 Å². The monoisotopic (exact) mass is 930 g/mol. The van der Waals surface area contributed by atoms with Crippen LogP contribution in [-0.2, 0) is 15.0 Å². The molecule has 0 aliphatic carbocycles. The molecule has 1 aliphatic rings. The molecule has 14 heteroatoms. The highest BCUT2D eigenvalue weighted by molar-refractivity contribution is 6.43. The molecule has 0 spiro atoms. The van der Waals surface area contributed by atoms with Gasteiger partial charge >= 0.3 is 0 Å². The number of fused-ring (bicyclic) bond motifs is 1. The number of carbonyl (C=O) groups is 2. The van der Waals surface area contributed by atoms with Crippen LogP contribution in [0.25, 0.3) is 10.8 Å². The lowest BCUT2D eigenvalue weighted by atomic mass is 9.86. The first-order chi connectivity index (χ1) is 30.2. The Morgan fingerprint density at radius 2 is 1.48 bits per heavy atom. The van der Waals surface area contributed by atoms with E-state index >= 15 is 0 Å². The van der Waals surface area contributed by atoms with Crippen molar-refractivity contribution in [3.05, 3.63) is 117 Å². The fraction of sp³-hybridized carbons (Fsp3) is 0.367. The number of phenolic OH excluding ortho intramolecular Hbond substituents is 1. The lowest BCUT2D eigenvalue weighted by Crippen LogP contribution is -2.36. The van der Waals surface area contributed by atoms with Crippen molar-refractivity contribution in [1.82, 2.24) is 5.43 Å². The molecular formula is C49H54Cl4N6O4. The maximum absolute atomic E-state index is 14.2. The second-order valence-electron chi connectivity index (χ2n) is 16.8. The van der Waals surface area contributed by atoms with E-state index in [1.807, 2.05) is 63.2 Å².